The van der Waals surface area contributed by atoms with E-state index in [0.29, 0.717) is 11.8 Å². The van der Waals surface area contributed by atoms with Crippen LogP contribution in [0.15, 0.2) is 0 Å². The monoisotopic (exact) mass is 188 g/mol. The van der Waals surface area contributed by atoms with E-state index in [1.807, 2.05) is 0 Å². The lowest BCUT2D eigenvalue weighted by molar-refractivity contribution is 0.404. The number of hydrogen-bond donors (Lipinski definition) is 0. The van der Waals surface area contributed by atoms with Gasteiger partial charge in [-0.1, -0.05) is 6.42 Å². The highest BCUT2D eigenvalue weighted by atomic mass is 35.5. The molecular formula is C7H9ClN2S. The van der Waals surface area contributed by atoms with Crippen molar-refractivity contribution in [3.63, 3.8) is 0 Å². The summed E-state index contributed by atoms with van der Waals surface area (Å²) in [5.41, 5.74) is 0. The minimum Gasteiger partial charge on any atom is -0.223 e. The first-order valence-corrected chi connectivity index (χ1v) is 5.09. The zero-order chi connectivity index (χ0) is 7.68. The normalized spacial score (nSPS) is 18.3. The SMILES string of the molecule is ClCc1nc(C2CCC2)ns1. The Labute approximate surface area is 74.8 Å². The number of alkyl halides is 1. The lowest BCUT2D eigenvalue weighted by atomic mass is 9.85. The van der Waals surface area contributed by atoms with Gasteiger partial charge in [0.25, 0.3) is 0 Å². The van der Waals surface area contributed by atoms with E-state index in [1.54, 1.807) is 0 Å². The van der Waals surface area contributed by atoms with Crippen LogP contribution >= 0.6 is 23.1 Å². The van der Waals surface area contributed by atoms with Gasteiger partial charge in [-0.2, -0.15) is 4.37 Å². The third kappa shape index (κ3) is 1.40. The van der Waals surface area contributed by atoms with Crippen molar-refractivity contribution >= 4 is 23.1 Å². The second kappa shape index (κ2) is 3.07. The topological polar surface area (TPSA) is 25.8 Å². The van der Waals surface area contributed by atoms with Gasteiger partial charge in [-0.3, -0.25) is 0 Å². The fourth-order valence-electron chi connectivity index (χ4n) is 1.15. The zero-order valence-electron chi connectivity index (χ0n) is 6.09. The van der Waals surface area contributed by atoms with Crippen molar-refractivity contribution in [1.29, 1.82) is 0 Å². The number of aromatic nitrogens is 2. The Morgan fingerprint density at radius 2 is 2.36 bits per heavy atom. The van der Waals surface area contributed by atoms with Gasteiger partial charge < -0.3 is 0 Å². The van der Waals surface area contributed by atoms with Crippen LogP contribution in [0.2, 0.25) is 0 Å². The van der Waals surface area contributed by atoms with Gasteiger partial charge in [0.05, 0.1) is 5.88 Å². The first kappa shape index (κ1) is 7.50. The van der Waals surface area contributed by atoms with E-state index in [2.05, 4.69) is 9.36 Å². The lowest BCUT2D eigenvalue weighted by Crippen LogP contribution is -2.10. The molecule has 0 N–H and O–H groups in total. The fourth-order valence-corrected chi connectivity index (χ4v) is 1.93. The van der Waals surface area contributed by atoms with Crippen LogP contribution in [0, 0.1) is 0 Å². The predicted molar refractivity (Wildman–Crippen MR) is 46.1 cm³/mol. The molecule has 1 saturated carbocycles. The minimum absolute atomic E-state index is 0.504. The summed E-state index contributed by atoms with van der Waals surface area (Å²) < 4.78 is 4.26. The quantitative estimate of drug-likeness (QED) is 0.667. The summed E-state index contributed by atoms with van der Waals surface area (Å²) in [6.45, 7) is 0. The average Bonchev–Trinajstić information content (AvgIpc) is 2.32. The van der Waals surface area contributed by atoms with E-state index in [9.17, 15) is 0 Å². The maximum atomic E-state index is 5.61. The molecular weight excluding hydrogens is 180 g/mol. The van der Waals surface area contributed by atoms with Gasteiger partial charge in [-0.05, 0) is 24.4 Å². The lowest BCUT2D eigenvalue weighted by Gasteiger charge is -2.21. The third-order valence-electron chi connectivity index (χ3n) is 2.07. The average molecular weight is 189 g/mol. The summed E-state index contributed by atoms with van der Waals surface area (Å²) in [4.78, 5) is 4.33. The Kier molecular flexibility index (Phi) is 2.09. The Bertz CT molecular complexity index is 244. The Morgan fingerprint density at radius 1 is 1.55 bits per heavy atom. The maximum absolute atomic E-state index is 5.61. The van der Waals surface area contributed by atoms with Gasteiger partial charge in [0.2, 0.25) is 0 Å². The second-order valence-electron chi connectivity index (χ2n) is 2.81. The van der Waals surface area contributed by atoms with Gasteiger partial charge in [0, 0.05) is 5.92 Å². The van der Waals surface area contributed by atoms with E-state index < -0.39 is 0 Å². The molecule has 0 spiro atoms. The summed E-state index contributed by atoms with van der Waals surface area (Å²) in [5.74, 6) is 2.17. The van der Waals surface area contributed by atoms with Crippen molar-refractivity contribution < 1.29 is 0 Å². The molecule has 2 rings (SSSR count). The Morgan fingerprint density at radius 3 is 2.82 bits per heavy atom. The molecule has 60 valence electrons. The summed E-state index contributed by atoms with van der Waals surface area (Å²) >= 11 is 7.05. The third-order valence-corrected chi connectivity index (χ3v) is 3.20. The van der Waals surface area contributed by atoms with E-state index in [4.69, 9.17) is 11.6 Å². The van der Waals surface area contributed by atoms with Crippen molar-refractivity contribution in [3.8, 4) is 0 Å². The van der Waals surface area contributed by atoms with Gasteiger partial charge in [-0.15, -0.1) is 11.6 Å². The predicted octanol–water partition coefficient (Wildman–Crippen LogP) is 2.54. The van der Waals surface area contributed by atoms with Crippen LogP contribution in [0.25, 0.3) is 0 Å². The molecule has 0 unspecified atom stereocenters. The molecule has 0 saturated heterocycles. The van der Waals surface area contributed by atoms with Crippen LogP contribution in [0.1, 0.15) is 36.0 Å². The minimum atomic E-state index is 0.504. The van der Waals surface area contributed by atoms with Crippen molar-refractivity contribution in [2.75, 3.05) is 0 Å². The van der Waals surface area contributed by atoms with E-state index in [-0.39, 0.29) is 0 Å². The van der Waals surface area contributed by atoms with Crippen molar-refractivity contribution in [1.82, 2.24) is 9.36 Å². The first-order chi connectivity index (χ1) is 5.40. The molecule has 0 aromatic carbocycles. The second-order valence-corrected chi connectivity index (χ2v) is 3.91. The molecule has 1 aromatic rings. The van der Waals surface area contributed by atoms with Crippen molar-refractivity contribution in [2.24, 2.45) is 0 Å². The number of hydrogen-bond acceptors (Lipinski definition) is 3. The van der Waals surface area contributed by atoms with Crippen LogP contribution in [0.3, 0.4) is 0 Å². The standard InChI is InChI=1S/C7H9ClN2S/c8-4-6-9-7(10-11-6)5-2-1-3-5/h5H,1-4H2. The highest BCUT2D eigenvalue weighted by molar-refractivity contribution is 7.05. The molecule has 1 heterocycles. The Hall–Kier alpha value is -0.150. The van der Waals surface area contributed by atoms with Crippen LogP contribution in [-0.2, 0) is 5.88 Å². The van der Waals surface area contributed by atoms with E-state index in [1.165, 1.54) is 30.8 Å². The summed E-state index contributed by atoms with van der Waals surface area (Å²) in [7, 11) is 0. The highest BCUT2D eigenvalue weighted by Gasteiger charge is 2.23. The number of rotatable bonds is 2. The summed E-state index contributed by atoms with van der Waals surface area (Å²) in [6, 6.07) is 0. The molecule has 0 aliphatic heterocycles. The smallest absolute Gasteiger partial charge is 0.145 e. The molecule has 2 nitrogen and oxygen atoms in total. The fraction of sp³-hybridized carbons (Fsp3) is 0.714. The van der Waals surface area contributed by atoms with Crippen molar-refractivity contribution in [3.05, 3.63) is 10.8 Å². The molecule has 1 aliphatic rings. The molecule has 4 heteroatoms. The van der Waals surface area contributed by atoms with Crippen LogP contribution in [0.5, 0.6) is 0 Å². The van der Waals surface area contributed by atoms with Crippen LogP contribution in [0.4, 0.5) is 0 Å². The first-order valence-electron chi connectivity index (χ1n) is 3.78. The molecule has 0 bridgehead atoms. The molecule has 11 heavy (non-hydrogen) atoms. The largest absolute Gasteiger partial charge is 0.223 e. The van der Waals surface area contributed by atoms with E-state index >= 15 is 0 Å². The molecule has 1 aromatic heterocycles. The van der Waals surface area contributed by atoms with Crippen molar-refractivity contribution in [2.45, 2.75) is 31.1 Å². The molecule has 0 atom stereocenters. The van der Waals surface area contributed by atoms with Crippen LogP contribution < -0.4 is 0 Å². The molecule has 0 radical (unpaired) electrons. The maximum Gasteiger partial charge on any atom is 0.145 e. The van der Waals surface area contributed by atoms with E-state index in [0.717, 1.165) is 10.8 Å². The summed E-state index contributed by atoms with van der Waals surface area (Å²) in [5, 5.41) is 0.952. The van der Waals surface area contributed by atoms with Gasteiger partial charge in [0.15, 0.2) is 0 Å². The highest BCUT2D eigenvalue weighted by Crippen LogP contribution is 2.35. The van der Waals surface area contributed by atoms with Gasteiger partial charge in [-0.25, -0.2) is 4.98 Å². The molecule has 0 amide bonds. The molecule has 1 fully saturated rings. The zero-order valence-corrected chi connectivity index (χ0v) is 7.66. The van der Waals surface area contributed by atoms with Crippen LogP contribution in [-0.4, -0.2) is 9.36 Å². The summed E-state index contributed by atoms with van der Waals surface area (Å²) in [6.07, 6.45) is 3.86. The number of nitrogens with zero attached hydrogens (tertiary/aromatic N) is 2. The Balaban J connectivity index is 2.11. The van der Waals surface area contributed by atoms with Gasteiger partial charge in [0.1, 0.15) is 10.8 Å². The number of halogens is 1. The van der Waals surface area contributed by atoms with Gasteiger partial charge >= 0.3 is 0 Å². The molecule has 1 aliphatic carbocycles.